The second-order valence-corrected chi connectivity index (χ2v) is 3.81. The molecule has 0 bridgehead atoms. The number of ether oxygens (including phenoxy) is 1. The summed E-state index contributed by atoms with van der Waals surface area (Å²) in [5.41, 5.74) is 0.994. The van der Waals surface area contributed by atoms with Crippen LogP contribution in [0.3, 0.4) is 0 Å². The van der Waals surface area contributed by atoms with Crippen LogP contribution >= 0.6 is 0 Å². The molecule has 0 radical (unpaired) electrons. The van der Waals surface area contributed by atoms with Crippen LogP contribution in [-0.4, -0.2) is 22.4 Å². The van der Waals surface area contributed by atoms with Crippen molar-refractivity contribution in [2.75, 3.05) is 6.61 Å². The highest BCUT2D eigenvalue weighted by Gasteiger charge is 2.18. The molecule has 5 heteroatoms. The third-order valence-electron chi connectivity index (χ3n) is 2.62. The minimum absolute atomic E-state index is 0.200. The SMILES string of the molecule is CCOC(=O)c1[nH]n(-c2ccccc2)c(=O)c1C. The average molecular weight is 246 g/mol. The fourth-order valence-electron chi connectivity index (χ4n) is 1.68. The van der Waals surface area contributed by atoms with Gasteiger partial charge >= 0.3 is 5.97 Å². The summed E-state index contributed by atoms with van der Waals surface area (Å²) in [6.45, 7) is 3.60. The standard InChI is InChI=1S/C13H14N2O3/c1-3-18-13(17)11-9(2)12(16)15(14-11)10-7-5-4-6-8-10/h4-8,14H,3H2,1-2H3. The Kier molecular flexibility index (Phi) is 3.32. The summed E-state index contributed by atoms with van der Waals surface area (Å²) in [5, 5.41) is 2.78. The quantitative estimate of drug-likeness (QED) is 0.837. The Hall–Kier alpha value is -2.30. The molecule has 1 aromatic carbocycles. The van der Waals surface area contributed by atoms with E-state index in [1.54, 1.807) is 26.0 Å². The van der Waals surface area contributed by atoms with Crippen molar-refractivity contribution in [1.82, 2.24) is 9.78 Å². The Morgan fingerprint density at radius 3 is 2.61 bits per heavy atom. The van der Waals surface area contributed by atoms with Gasteiger partial charge in [-0.3, -0.25) is 9.89 Å². The first-order chi connectivity index (χ1) is 8.65. The number of H-pyrrole nitrogens is 1. The van der Waals surface area contributed by atoms with Crippen LogP contribution in [0.25, 0.3) is 5.69 Å². The largest absolute Gasteiger partial charge is 0.461 e. The first-order valence-electron chi connectivity index (χ1n) is 5.69. The highest BCUT2D eigenvalue weighted by molar-refractivity contribution is 5.88. The lowest BCUT2D eigenvalue weighted by Crippen LogP contribution is -2.15. The molecule has 0 fully saturated rings. The van der Waals surface area contributed by atoms with Crippen molar-refractivity contribution >= 4 is 5.97 Å². The number of carbonyl (C=O) groups is 1. The number of aromatic amines is 1. The van der Waals surface area contributed by atoms with E-state index in [-0.39, 0.29) is 17.9 Å². The smallest absolute Gasteiger partial charge is 0.356 e. The lowest BCUT2D eigenvalue weighted by atomic mass is 10.3. The summed E-state index contributed by atoms with van der Waals surface area (Å²) in [5.74, 6) is -0.512. The fourth-order valence-corrected chi connectivity index (χ4v) is 1.68. The van der Waals surface area contributed by atoms with E-state index in [2.05, 4.69) is 5.10 Å². The van der Waals surface area contributed by atoms with E-state index in [0.717, 1.165) is 0 Å². The molecular weight excluding hydrogens is 232 g/mol. The first-order valence-corrected chi connectivity index (χ1v) is 5.69. The topological polar surface area (TPSA) is 64.1 Å². The number of nitrogens with one attached hydrogen (secondary N) is 1. The van der Waals surface area contributed by atoms with Crippen LogP contribution in [0.1, 0.15) is 23.0 Å². The lowest BCUT2D eigenvalue weighted by molar-refractivity contribution is 0.0518. The van der Waals surface area contributed by atoms with E-state index in [4.69, 9.17) is 4.74 Å². The van der Waals surface area contributed by atoms with Gasteiger partial charge in [-0.1, -0.05) is 18.2 Å². The van der Waals surface area contributed by atoms with Gasteiger partial charge in [0.25, 0.3) is 5.56 Å². The summed E-state index contributed by atoms with van der Waals surface area (Å²) in [4.78, 5) is 23.7. The second-order valence-electron chi connectivity index (χ2n) is 3.81. The van der Waals surface area contributed by atoms with Crippen LogP contribution in [-0.2, 0) is 4.74 Å². The van der Waals surface area contributed by atoms with Crippen molar-refractivity contribution in [3.8, 4) is 5.69 Å². The molecule has 1 aromatic heterocycles. The Bertz CT molecular complexity index is 611. The van der Waals surface area contributed by atoms with Crippen LogP contribution < -0.4 is 5.56 Å². The zero-order chi connectivity index (χ0) is 13.1. The molecule has 94 valence electrons. The number of nitrogens with zero attached hydrogens (tertiary/aromatic N) is 1. The molecule has 0 spiro atoms. The number of hydrogen-bond donors (Lipinski definition) is 1. The molecule has 18 heavy (non-hydrogen) atoms. The molecule has 5 nitrogen and oxygen atoms in total. The van der Waals surface area contributed by atoms with Crippen LogP contribution in [0, 0.1) is 6.92 Å². The van der Waals surface area contributed by atoms with Gasteiger partial charge in [-0.25, -0.2) is 9.48 Å². The number of esters is 1. The Labute approximate surface area is 104 Å². The summed E-state index contributed by atoms with van der Waals surface area (Å²) in [7, 11) is 0. The van der Waals surface area contributed by atoms with Gasteiger partial charge in [-0.2, -0.15) is 0 Å². The summed E-state index contributed by atoms with van der Waals surface area (Å²) < 4.78 is 6.23. The second kappa shape index (κ2) is 4.91. The predicted molar refractivity (Wildman–Crippen MR) is 67.1 cm³/mol. The van der Waals surface area contributed by atoms with Gasteiger partial charge in [0, 0.05) is 5.56 Å². The third kappa shape index (κ3) is 2.07. The minimum atomic E-state index is -0.512. The van der Waals surface area contributed by atoms with Gasteiger partial charge in [-0.15, -0.1) is 0 Å². The summed E-state index contributed by atoms with van der Waals surface area (Å²) >= 11 is 0. The van der Waals surface area contributed by atoms with E-state index in [0.29, 0.717) is 11.3 Å². The van der Waals surface area contributed by atoms with E-state index in [1.165, 1.54) is 4.68 Å². The molecule has 0 aliphatic rings. The average Bonchev–Trinajstić information content (AvgIpc) is 2.68. The number of hydrogen-bond acceptors (Lipinski definition) is 3. The van der Waals surface area contributed by atoms with Crippen molar-refractivity contribution in [1.29, 1.82) is 0 Å². The van der Waals surface area contributed by atoms with E-state index < -0.39 is 5.97 Å². The van der Waals surface area contributed by atoms with E-state index in [9.17, 15) is 9.59 Å². The molecule has 0 unspecified atom stereocenters. The highest BCUT2D eigenvalue weighted by Crippen LogP contribution is 2.07. The predicted octanol–water partition coefficient (Wildman–Crippen LogP) is 1.65. The lowest BCUT2D eigenvalue weighted by Gasteiger charge is -2.01. The molecule has 2 aromatic rings. The zero-order valence-corrected chi connectivity index (χ0v) is 10.3. The number of para-hydroxylation sites is 1. The maximum Gasteiger partial charge on any atom is 0.356 e. The molecule has 0 saturated heterocycles. The molecule has 0 aliphatic heterocycles. The maximum atomic E-state index is 12.0. The molecule has 0 amide bonds. The number of aromatic nitrogens is 2. The van der Waals surface area contributed by atoms with Crippen molar-refractivity contribution in [2.45, 2.75) is 13.8 Å². The minimum Gasteiger partial charge on any atom is -0.461 e. The molecule has 0 saturated carbocycles. The molecule has 0 atom stereocenters. The third-order valence-corrected chi connectivity index (χ3v) is 2.62. The fraction of sp³-hybridized carbons (Fsp3) is 0.231. The van der Waals surface area contributed by atoms with Crippen molar-refractivity contribution in [3.63, 3.8) is 0 Å². The molecule has 1 heterocycles. The number of benzene rings is 1. The van der Waals surface area contributed by atoms with Gasteiger partial charge in [0.05, 0.1) is 12.3 Å². The van der Waals surface area contributed by atoms with Gasteiger partial charge in [-0.05, 0) is 26.0 Å². The van der Waals surface area contributed by atoms with Gasteiger partial charge in [0.15, 0.2) is 0 Å². The Balaban J connectivity index is 2.50. The van der Waals surface area contributed by atoms with Crippen LogP contribution in [0.15, 0.2) is 35.1 Å². The van der Waals surface area contributed by atoms with Crippen LogP contribution in [0.2, 0.25) is 0 Å². The van der Waals surface area contributed by atoms with E-state index in [1.807, 2.05) is 18.2 Å². The van der Waals surface area contributed by atoms with Crippen molar-refractivity contribution < 1.29 is 9.53 Å². The highest BCUT2D eigenvalue weighted by atomic mass is 16.5. The maximum absolute atomic E-state index is 12.0. The van der Waals surface area contributed by atoms with E-state index >= 15 is 0 Å². The summed E-state index contributed by atoms with van der Waals surface area (Å²) in [6.07, 6.45) is 0. The van der Waals surface area contributed by atoms with Crippen LogP contribution in [0.5, 0.6) is 0 Å². The van der Waals surface area contributed by atoms with Gasteiger partial charge in [0.2, 0.25) is 0 Å². The Morgan fingerprint density at radius 1 is 1.33 bits per heavy atom. The zero-order valence-electron chi connectivity index (χ0n) is 10.3. The normalized spacial score (nSPS) is 10.3. The molecule has 2 rings (SSSR count). The Morgan fingerprint density at radius 2 is 2.00 bits per heavy atom. The van der Waals surface area contributed by atoms with Crippen LogP contribution in [0.4, 0.5) is 0 Å². The van der Waals surface area contributed by atoms with Gasteiger partial charge < -0.3 is 4.74 Å². The monoisotopic (exact) mass is 246 g/mol. The molecule has 0 aliphatic carbocycles. The van der Waals surface area contributed by atoms with Gasteiger partial charge in [0.1, 0.15) is 5.69 Å². The first kappa shape index (κ1) is 12.2. The summed E-state index contributed by atoms with van der Waals surface area (Å²) in [6, 6.07) is 9.07. The number of rotatable bonds is 3. The molecule has 1 N–H and O–H groups in total. The van der Waals surface area contributed by atoms with Crippen molar-refractivity contribution in [2.24, 2.45) is 0 Å². The molecular formula is C13H14N2O3. The number of carbonyl (C=O) groups excluding carboxylic acids is 1. The van der Waals surface area contributed by atoms with Crippen molar-refractivity contribution in [3.05, 3.63) is 51.9 Å².